The number of carbonyl (C=O) groups is 2. The quantitative estimate of drug-likeness (QED) is 0.255. The summed E-state index contributed by atoms with van der Waals surface area (Å²) in [5.74, 6) is 1.09. The number of aliphatic hydroxyl groups is 1. The third-order valence-corrected chi connectivity index (χ3v) is 14.0. The van der Waals surface area contributed by atoms with Crippen molar-refractivity contribution in [3.8, 4) is 5.75 Å². The lowest BCUT2D eigenvalue weighted by Crippen LogP contribution is -2.51. The van der Waals surface area contributed by atoms with Gasteiger partial charge in [0.1, 0.15) is 12.4 Å². The topological polar surface area (TPSA) is 88.5 Å². The number of rotatable bonds is 13. The first-order valence-corrected chi connectivity index (χ1v) is 19.0. The molecule has 5 rings (SSSR count). The standard InChI is InChI=1S/C36H46N2O6Si/c1-26-32(19-12-27-10-13-29(14-11-27)38-21-23-43-36(38)41)44-33(35(26)45(3,4)31-17-15-30(42-2)16-18-31)24-34(40)37(20-22-39)25-28-8-6-5-7-9-28/h5-11,13-18,26,32-33,35,39H,12,19-25H2,1-4H3/t26-,32+,33-,35+/m0/s1. The summed E-state index contributed by atoms with van der Waals surface area (Å²) >= 11 is 0. The first kappa shape index (κ1) is 32.7. The van der Waals surface area contributed by atoms with Gasteiger partial charge in [0.2, 0.25) is 5.91 Å². The summed E-state index contributed by atoms with van der Waals surface area (Å²) in [6.45, 7) is 8.71. The highest BCUT2D eigenvalue weighted by atomic mass is 28.3. The van der Waals surface area contributed by atoms with Crippen LogP contribution in [0.1, 0.15) is 30.9 Å². The second kappa shape index (κ2) is 14.6. The van der Waals surface area contributed by atoms with Gasteiger partial charge in [0.15, 0.2) is 0 Å². The number of amides is 2. The average Bonchev–Trinajstić information content (AvgIpc) is 3.62. The molecule has 2 aliphatic heterocycles. The van der Waals surface area contributed by atoms with Crippen LogP contribution in [-0.4, -0.2) is 75.7 Å². The summed E-state index contributed by atoms with van der Waals surface area (Å²) in [5, 5.41) is 11.1. The molecule has 1 N–H and O–H groups in total. The number of benzene rings is 3. The van der Waals surface area contributed by atoms with Gasteiger partial charge in [-0.25, -0.2) is 4.79 Å². The molecule has 2 heterocycles. The van der Waals surface area contributed by atoms with Crippen LogP contribution in [0.5, 0.6) is 5.75 Å². The van der Waals surface area contributed by atoms with Crippen molar-refractivity contribution in [2.45, 2.75) is 63.6 Å². The van der Waals surface area contributed by atoms with E-state index in [0.29, 0.717) is 19.7 Å². The maximum atomic E-state index is 13.8. The van der Waals surface area contributed by atoms with Crippen LogP contribution < -0.4 is 14.8 Å². The Hall–Kier alpha value is -3.66. The molecular weight excluding hydrogens is 584 g/mol. The van der Waals surface area contributed by atoms with Gasteiger partial charge < -0.3 is 24.2 Å². The predicted molar refractivity (Wildman–Crippen MR) is 179 cm³/mol. The smallest absolute Gasteiger partial charge is 0.414 e. The van der Waals surface area contributed by atoms with Crippen molar-refractivity contribution in [2.75, 3.05) is 38.3 Å². The fraction of sp³-hybridized carbons (Fsp3) is 0.444. The number of nitrogens with zero attached hydrogens (tertiary/aromatic N) is 2. The highest BCUT2D eigenvalue weighted by Gasteiger charge is 2.51. The molecule has 2 amide bonds. The second-order valence-electron chi connectivity index (χ2n) is 12.7. The van der Waals surface area contributed by atoms with E-state index in [4.69, 9.17) is 14.2 Å². The molecule has 4 atom stereocenters. The largest absolute Gasteiger partial charge is 0.497 e. The highest BCUT2D eigenvalue weighted by Crippen LogP contribution is 2.46. The Morgan fingerprint density at radius 3 is 2.33 bits per heavy atom. The maximum Gasteiger partial charge on any atom is 0.414 e. The fourth-order valence-electron chi connectivity index (χ4n) is 7.14. The Labute approximate surface area is 267 Å². The molecular formula is C36H46N2O6Si. The van der Waals surface area contributed by atoms with Crippen molar-refractivity contribution in [1.29, 1.82) is 0 Å². The fourth-order valence-corrected chi connectivity index (χ4v) is 11.2. The first-order chi connectivity index (χ1) is 21.7. The van der Waals surface area contributed by atoms with Crippen LogP contribution in [0.25, 0.3) is 0 Å². The molecule has 0 aliphatic carbocycles. The average molecular weight is 631 g/mol. The summed E-state index contributed by atoms with van der Waals surface area (Å²) in [5.41, 5.74) is 3.29. The zero-order valence-electron chi connectivity index (χ0n) is 26.9. The van der Waals surface area contributed by atoms with E-state index in [1.165, 1.54) is 10.8 Å². The lowest BCUT2D eigenvalue weighted by molar-refractivity contribution is -0.135. The molecule has 2 aliphatic rings. The number of ether oxygens (including phenoxy) is 3. The van der Waals surface area contributed by atoms with Crippen molar-refractivity contribution in [3.05, 3.63) is 90.0 Å². The van der Waals surface area contributed by atoms with Crippen LogP contribution in [0, 0.1) is 5.92 Å². The summed E-state index contributed by atoms with van der Waals surface area (Å²) < 4.78 is 17.4. The summed E-state index contributed by atoms with van der Waals surface area (Å²) in [4.78, 5) is 29.2. The Kier molecular flexibility index (Phi) is 10.6. The maximum absolute atomic E-state index is 13.8. The first-order valence-electron chi connectivity index (χ1n) is 16.0. The molecule has 3 aromatic carbocycles. The molecule has 2 fully saturated rings. The molecule has 8 nitrogen and oxygen atoms in total. The zero-order chi connectivity index (χ0) is 32.0. The monoisotopic (exact) mass is 630 g/mol. The van der Waals surface area contributed by atoms with E-state index in [2.05, 4.69) is 44.3 Å². The molecule has 0 aromatic heterocycles. The number of anilines is 1. The Morgan fingerprint density at radius 1 is 1.00 bits per heavy atom. The van der Waals surface area contributed by atoms with E-state index in [0.717, 1.165) is 29.8 Å². The molecule has 2 saturated heterocycles. The molecule has 0 bridgehead atoms. The number of aliphatic hydroxyl groups excluding tert-OH is 1. The Morgan fingerprint density at radius 2 is 1.71 bits per heavy atom. The normalized spacial score (nSPS) is 21.5. The van der Waals surface area contributed by atoms with E-state index in [1.54, 1.807) is 16.9 Å². The van der Waals surface area contributed by atoms with Gasteiger partial charge >= 0.3 is 6.09 Å². The van der Waals surface area contributed by atoms with E-state index in [1.807, 2.05) is 54.6 Å². The zero-order valence-corrected chi connectivity index (χ0v) is 27.9. The highest BCUT2D eigenvalue weighted by molar-refractivity contribution is 6.91. The molecule has 0 spiro atoms. The van der Waals surface area contributed by atoms with Gasteiger partial charge in [-0.3, -0.25) is 9.69 Å². The van der Waals surface area contributed by atoms with Crippen molar-refractivity contribution < 1.29 is 28.9 Å². The molecule has 45 heavy (non-hydrogen) atoms. The SMILES string of the molecule is COc1ccc([Si](C)(C)[C@@H]2[C@@H](C)[C@@H](CCc3ccc(N4CCOC4=O)cc3)O[C@H]2CC(=O)N(CCO)Cc2ccccc2)cc1. The van der Waals surface area contributed by atoms with Crippen molar-refractivity contribution in [1.82, 2.24) is 4.90 Å². The van der Waals surface area contributed by atoms with Crippen molar-refractivity contribution in [2.24, 2.45) is 5.92 Å². The van der Waals surface area contributed by atoms with Gasteiger partial charge in [-0.15, -0.1) is 0 Å². The molecule has 0 unspecified atom stereocenters. The summed E-state index contributed by atoms with van der Waals surface area (Å²) in [6.07, 6.45) is 1.44. The van der Waals surface area contributed by atoms with Crippen molar-refractivity contribution in [3.63, 3.8) is 0 Å². The van der Waals surface area contributed by atoms with Gasteiger partial charge in [0, 0.05) is 18.8 Å². The predicted octanol–water partition coefficient (Wildman–Crippen LogP) is 5.38. The number of methoxy groups -OCH3 is 1. The minimum absolute atomic E-state index is 0.00584. The molecule has 0 saturated carbocycles. The number of hydrogen-bond acceptors (Lipinski definition) is 6. The minimum Gasteiger partial charge on any atom is -0.497 e. The third kappa shape index (κ3) is 7.60. The lowest BCUT2D eigenvalue weighted by Gasteiger charge is -2.36. The summed E-state index contributed by atoms with van der Waals surface area (Å²) in [7, 11) is -0.453. The van der Waals surface area contributed by atoms with Gasteiger partial charge in [-0.1, -0.05) is 79.8 Å². The third-order valence-electron chi connectivity index (χ3n) is 9.61. The van der Waals surface area contributed by atoms with Crippen LogP contribution in [-0.2, 0) is 27.2 Å². The van der Waals surface area contributed by atoms with Crippen molar-refractivity contribution >= 4 is 30.9 Å². The van der Waals surface area contributed by atoms with Gasteiger partial charge in [-0.2, -0.15) is 0 Å². The Bertz CT molecular complexity index is 1420. The van der Waals surface area contributed by atoms with E-state index < -0.39 is 8.07 Å². The van der Waals surface area contributed by atoms with Crippen LogP contribution in [0.4, 0.5) is 10.5 Å². The number of cyclic esters (lactones) is 1. The van der Waals surface area contributed by atoms with Gasteiger partial charge in [-0.05, 0) is 59.7 Å². The number of carbonyl (C=O) groups excluding carboxylic acids is 2. The Balaban J connectivity index is 1.34. The van der Waals surface area contributed by atoms with Gasteiger partial charge in [0.25, 0.3) is 0 Å². The minimum atomic E-state index is -2.13. The van der Waals surface area contributed by atoms with E-state index in [-0.39, 0.29) is 55.2 Å². The van der Waals surface area contributed by atoms with Crippen LogP contribution >= 0.6 is 0 Å². The van der Waals surface area contributed by atoms with Crippen LogP contribution in [0.15, 0.2) is 78.9 Å². The van der Waals surface area contributed by atoms with E-state index in [9.17, 15) is 14.7 Å². The van der Waals surface area contributed by atoms with Gasteiger partial charge in [0.05, 0.1) is 47.0 Å². The number of aryl methyl sites for hydroxylation is 1. The lowest BCUT2D eigenvalue weighted by atomic mass is 9.95. The molecule has 240 valence electrons. The van der Waals surface area contributed by atoms with E-state index >= 15 is 0 Å². The summed E-state index contributed by atoms with van der Waals surface area (Å²) in [6, 6.07) is 26.4. The van der Waals surface area contributed by atoms with Crippen LogP contribution in [0.3, 0.4) is 0 Å². The number of hydrogen-bond donors (Lipinski definition) is 1. The molecule has 3 aromatic rings. The molecule has 9 heteroatoms. The molecule has 0 radical (unpaired) electrons. The van der Waals surface area contributed by atoms with Crippen LogP contribution in [0.2, 0.25) is 18.6 Å². The second-order valence-corrected chi connectivity index (χ2v) is 17.4.